The molecule has 148 valence electrons. The molecule has 4 aromatic rings. The Kier molecular flexibility index (Phi) is 4.34. The summed E-state index contributed by atoms with van der Waals surface area (Å²) in [7, 11) is 2.16. The molecule has 0 spiro atoms. The highest BCUT2D eigenvalue weighted by atomic mass is 16.1. The molecule has 2 aromatic heterocycles. The predicted molar refractivity (Wildman–Crippen MR) is 117 cm³/mol. The molecule has 1 aliphatic heterocycles. The van der Waals surface area contributed by atoms with Crippen molar-refractivity contribution in [3.63, 3.8) is 0 Å². The van der Waals surface area contributed by atoms with Crippen LogP contribution in [0.1, 0.15) is 5.56 Å². The van der Waals surface area contributed by atoms with Crippen molar-refractivity contribution in [3.05, 3.63) is 58.4 Å². The SMILES string of the molecule is CN1CCN(Cc2ccc3[nH]c(-c4nc5ccccc5[nH]c4=O)c(N)c3c2)CC1. The van der Waals surface area contributed by atoms with E-state index in [9.17, 15) is 4.79 Å². The first kappa shape index (κ1) is 17.9. The fourth-order valence-electron chi connectivity index (χ4n) is 4.01. The van der Waals surface area contributed by atoms with Gasteiger partial charge < -0.3 is 20.6 Å². The highest BCUT2D eigenvalue weighted by Gasteiger charge is 2.18. The Morgan fingerprint density at radius 3 is 2.66 bits per heavy atom. The first-order valence-corrected chi connectivity index (χ1v) is 9.89. The van der Waals surface area contributed by atoms with Gasteiger partial charge in [-0.1, -0.05) is 18.2 Å². The highest BCUT2D eigenvalue weighted by Crippen LogP contribution is 2.31. The molecule has 0 radical (unpaired) electrons. The summed E-state index contributed by atoms with van der Waals surface area (Å²) in [6, 6.07) is 13.8. The normalized spacial score (nSPS) is 16.0. The summed E-state index contributed by atoms with van der Waals surface area (Å²) in [5, 5.41) is 0.931. The van der Waals surface area contributed by atoms with E-state index in [1.165, 1.54) is 5.56 Å². The molecule has 1 fully saturated rings. The average Bonchev–Trinajstić information content (AvgIpc) is 3.05. The van der Waals surface area contributed by atoms with Gasteiger partial charge in [0.05, 0.1) is 22.4 Å². The summed E-state index contributed by atoms with van der Waals surface area (Å²) in [5.74, 6) is 0. The predicted octanol–water partition coefficient (Wildman–Crippen LogP) is 2.40. The zero-order valence-electron chi connectivity index (χ0n) is 16.4. The molecule has 0 unspecified atom stereocenters. The summed E-state index contributed by atoms with van der Waals surface area (Å²) in [6.45, 7) is 5.22. The molecule has 0 aliphatic carbocycles. The minimum Gasteiger partial charge on any atom is -0.396 e. The van der Waals surface area contributed by atoms with Crippen molar-refractivity contribution in [1.82, 2.24) is 24.8 Å². The minimum absolute atomic E-state index is 0.250. The lowest BCUT2D eigenvalue weighted by molar-refractivity contribution is 0.148. The van der Waals surface area contributed by atoms with E-state index in [2.05, 4.69) is 43.9 Å². The number of nitrogens with one attached hydrogen (secondary N) is 2. The number of aromatic nitrogens is 3. The number of nitrogens with two attached hydrogens (primary N) is 1. The summed E-state index contributed by atoms with van der Waals surface area (Å²) in [4.78, 5) is 28.2. The number of hydrogen-bond donors (Lipinski definition) is 3. The van der Waals surface area contributed by atoms with Crippen molar-refractivity contribution in [3.8, 4) is 11.4 Å². The number of nitrogen functional groups attached to an aromatic ring is 1. The molecule has 29 heavy (non-hydrogen) atoms. The maximum Gasteiger partial charge on any atom is 0.276 e. The van der Waals surface area contributed by atoms with Crippen LogP contribution in [0.25, 0.3) is 33.3 Å². The number of H-pyrrole nitrogens is 2. The number of benzene rings is 2. The number of para-hydroxylation sites is 2. The quantitative estimate of drug-likeness (QED) is 0.501. The van der Waals surface area contributed by atoms with Gasteiger partial charge in [0.1, 0.15) is 0 Å². The van der Waals surface area contributed by atoms with Crippen LogP contribution in [0.5, 0.6) is 0 Å². The zero-order valence-corrected chi connectivity index (χ0v) is 16.4. The van der Waals surface area contributed by atoms with E-state index in [0.717, 1.165) is 49.1 Å². The number of rotatable bonds is 3. The maximum absolute atomic E-state index is 12.6. The van der Waals surface area contributed by atoms with Crippen LogP contribution in [0.2, 0.25) is 0 Å². The van der Waals surface area contributed by atoms with Gasteiger partial charge in [-0.25, -0.2) is 4.98 Å². The molecule has 2 aromatic carbocycles. The largest absolute Gasteiger partial charge is 0.396 e. The van der Waals surface area contributed by atoms with Gasteiger partial charge in [0.25, 0.3) is 5.56 Å². The number of aromatic amines is 2. The third-order valence-corrected chi connectivity index (χ3v) is 5.74. The first-order valence-electron chi connectivity index (χ1n) is 9.89. The Morgan fingerprint density at radius 2 is 1.83 bits per heavy atom. The summed E-state index contributed by atoms with van der Waals surface area (Å²) in [5.41, 5.74) is 11.2. The van der Waals surface area contributed by atoms with E-state index in [0.29, 0.717) is 22.6 Å². The van der Waals surface area contributed by atoms with Gasteiger partial charge in [-0.15, -0.1) is 0 Å². The Balaban J connectivity index is 1.52. The van der Waals surface area contributed by atoms with E-state index in [4.69, 9.17) is 5.73 Å². The smallest absolute Gasteiger partial charge is 0.276 e. The van der Waals surface area contributed by atoms with Crippen LogP contribution in [0, 0.1) is 0 Å². The van der Waals surface area contributed by atoms with Gasteiger partial charge in [-0.05, 0) is 36.9 Å². The zero-order chi connectivity index (χ0) is 20.0. The van der Waals surface area contributed by atoms with Crippen molar-refractivity contribution >= 4 is 27.6 Å². The van der Waals surface area contributed by atoms with E-state index in [1.54, 1.807) is 0 Å². The topological polar surface area (TPSA) is 94.0 Å². The number of likely N-dealkylation sites (N-methyl/N-ethyl adjacent to an activating group) is 1. The van der Waals surface area contributed by atoms with Crippen LogP contribution in [-0.2, 0) is 6.54 Å². The fourth-order valence-corrected chi connectivity index (χ4v) is 4.01. The lowest BCUT2D eigenvalue weighted by atomic mass is 10.1. The summed E-state index contributed by atoms with van der Waals surface area (Å²) in [6.07, 6.45) is 0. The fraction of sp³-hybridized carbons (Fsp3) is 0.273. The van der Waals surface area contributed by atoms with Crippen LogP contribution in [0.3, 0.4) is 0 Å². The van der Waals surface area contributed by atoms with E-state index in [1.807, 2.05) is 30.3 Å². The standard InChI is InChI=1S/C22H24N6O/c1-27-8-10-28(11-9-27)13-14-6-7-16-15(12-14)19(23)20(24-16)21-22(29)26-18-5-3-2-4-17(18)25-21/h2-7,12,24H,8-11,13,23H2,1H3,(H,26,29). The Hall–Kier alpha value is -3.16. The molecule has 7 nitrogen and oxygen atoms in total. The number of fused-ring (bicyclic) bond motifs is 2. The number of anilines is 1. The lowest BCUT2D eigenvalue weighted by Crippen LogP contribution is -2.43. The molecular formula is C22H24N6O. The van der Waals surface area contributed by atoms with Gasteiger partial charge in [-0.2, -0.15) is 0 Å². The second-order valence-electron chi connectivity index (χ2n) is 7.80. The molecule has 4 N–H and O–H groups in total. The van der Waals surface area contributed by atoms with Crippen LogP contribution < -0.4 is 11.3 Å². The van der Waals surface area contributed by atoms with E-state index in [-0.39, 0.29) is 5.56 Å². The minimum atomic E-state index is -0.250. The molecule has 5 rings (SSSR count). The molecule has 1 saturated heterocycles. The van der Waals surface area contributed by atoms with E-state index >= 15 is 0 Å². The Morgan fingerprint density at radius 1 is 1.03 bits per heavy atom. The van der Waals surface area contributed by atoms with Crippen molar-refractivity contribution in [2.24, 2.45) is 0 Å². The van der Waals surface area contributed by atoms with Crippen molar-refractivity contribution in [2.45, 2.75) is 6.54 Å². The van der Waals surface area contributed by atoms with Crippen molar-refractivity contribution in [2.75, 3.05) is 39.0 Å². The summed E-state index contributed by atoms with van der Waals surface area (Å²) >= 11 is 0. The van der Waals surface area contributed by atoms with Crippen molar-refractivity contribution in [1.29, 1.82) is 0 Å². The molecule has 0 saturated carbocycles. The van der Waals surface area contributed by atoms with Gasteiger partial charge in [0.15, 0.2) is 5.69 Å². The van der Waals surface area contributed by atoms with Crippen LogP contribution in [-0.4, -0.2) is 58.0 Å². The lowest BCUT2D eigenvalue weighted by Gasteiger charge is -2.32. The number of piperazine rings is 1. The molecule has 0 atom stereocenters. The van der Waals surface area contributed by atoms with Gasteiger partial charge in [0.2, 0.25) is 0 Å². The van der Waals surface area contributed by atoms with Crippen LogP contribution >= 0.6 is 0 Å². The molecule has 7 heteroatoms. The average molecular weight is 388 g/mol. The highest BCUT2D eigenvalue weighted by molar-refractivity contribution is 6.00. The van der Waals surface area contributed by atoms with Gasteiger partial charge >= 0.3 is 0 Å². The maximum atomic E-state index is 12.6. The number of nitrogens with zero attached hydrogens (tertiary/aromatic N) is 3. The molecular weight excluding hydrogens is 364 g/mol. The number of hydrogen-bond acceptors (Lipinski definition) is 5. The summed E-state index contributed by atoms with van der Waals surface area (Å²) < 4.78 is 0. The Bertz CT molecular complexity index is 1250. The molecule has 3 heterocycles. The monoisotopic (exact) mass is 388 g/mol. The van der Waals surface area contributed by atoms with E-state index < -0.39 is 0 Å². The second-order valence-corrected chi connectivity index (χ2v) is 7.80. The molecule has 0 amide bonds. The molecule has 0 bridgehead atoms. The first-order chi connectivity index (χ1) is 14.1. The Labute approximate surface area is 168 Å². The third-order valence-electron chi connectivity index (χ3n) is 5.74. The third kappa shape index (κ3) is 3.28. The van der Waals surface area contributed by atoms with Crippen LogP contribution in [0.4, 0.5) is 5.69 Å². The second kappa shape index (κ2) is 7.02. The van der Waals surface area contributed by atoms with Gasteiger partial charge in [0, 0.05) is 43.6 Å². The van der Waals surface area contributed by atoms with Crippen LogP contribution in [0.15, 0.2) is 47.3 Å². The van der Waals surface area contributed by atoms with Crippen molar-refractivity contribution < 1.29 is 0 Å². The van der Waals surface area contributed by atoms with Gasteiger partial charge in [-0.3, -0.25) is 9.69 Å². The molecule has 1 aliphatic rings.